The van der Waals surface area contributed by atoms with Gasteiger partial charge in [0.15, 0.2) is 0 Å². The van der Waals surface area contributed by atoms with Gasteiger partial charge in [0.1, 0.15) is 0 Å². The quantitative estimate of drug-likeness (QED) is 0.779. The summed E-state index contributed by atoms with van der Waals surface area (Å²) in [6.45, 7) is 4.32. The van der Waals surface area contributed by atoms with E-state index < -0.39 is 0 Å². The second-order valence-electron chi connectivity index (χ2n) is 7.53. The Labute approximate surface area is 151 Å². The van der Waals surface area contributed by atoms with Crippen LogP contribution in [-0.4, -0.2) is 48.9 Å². The maximum atomic E-state index is 12.3. The van der Waals surface area contributed by atoms with E-state index in [-0.39, 0.29) is 0 Å². The topological polar surface area (TPSA) is 23.6 Å². The molecule has 1 aromatic rings. The highest BCUT2D eigenvalue weighted by atomic mass is 35.5. The zero-order valence-electron chi connectivity index (χ0n) is 14.7. The molecule has 3 nitrogen and oxygen atoms in total. The van der Waals surface area contributed by atoms with Gasteiger partial charge in [-0.1, -0.05) is 30.2 Å². The van der Waals surface area contributed by atoms with E-state index in [1.54, 1.807) is 0 Å². The van der Waals surface area contributed by atoms with Crippen molar-refractivity contribution in [2.45, 2.75) is 38.5 Å². The molecule has 1 atom stereocenters. The first-order chi connectivity index (χ1) is 11.6. The fourth-order valence-corrected chi connectivity index (χ4v) is 4.01. The lowest BCUT2D eigenvalue weighted by molar-refractivity contribution is -0.137. The van der Waals surface area contributed by atoms with E-state index in [1.807, 2.05) is 24.1 Å². The molecule has 1 saturated carbocycles. The van der Waals surface area contributed by atoms with Gasteiger partial charge in [-0.3, -0.25) is 4.79 Å². The minimum Gasteiger partial charge on any atom is -0.345 e. The highest BCUT2D eigenvalue weighted by molar-refractivity contribution is 6.30. The van der Waals surface area contributed by atoms with Gasteiger partial charge in [0.05, 0.1) is 0 Å². The van der Waals surface area contributed by atoms with E-state index in [2.05, 4.69) is 17.0 Å². The Kier molecular flexibility index (Phi) is 6.18. The molecule has 0 N–H and O–H groups in total. The van der Waals surface area contributed by atoms with Crippen LogP contribution in [-0.2, 0) is 11.2 Å². The van der Waals surface area contributed by atoms with Crippen LogP contribution in [0, 0.1) is 11.8 Å². The third-order valence-electron chi connectivity index (χ3n) is 5.60. The molecule has 2 fully saturated rings. The Morgan fingerprint density at radius 3 is 2.62 bits per heavy atom. The van der Waals surface area contributed by atoms with Crippen LogP contribution in [0.2, 0.25) is 5.02 Å². The Balaban J connectivity index is 1.43. The number of rotatable bonds is 6. The largest absolute Gasteiger partial charge is 0.345 e. The average molecular weight is 349 g/mol. The fourth-order valence-electron chi connectivity index (χ4n) is 3.89. The number of nitrogens with zero attached hydrogens (tertiary/aromatic N) is 2. The number of hydrogen-bond donors (Lipinski definition) is 0. The van der Waals surface area contributed by atoms with Crippen molar-refractivity contribution in [1.29, 1.82) is 0 Å². The highest BCUT2D eigenvalue weighted by Crippen LogP contribution is 2.28. The SMILES string of the molecule is CN(C[C@H]1CCCN(CCc2ccc(Cl)cc2)C1)C(=O)C1CCC1. The highest BCUT2D eigenvalue weighted by Gasteiger charge is 2.29. The number of piperidine rings is 1. The molecule has 24 heavy (non-hydrogen) atoms. The van der Waals surface area contributed by atoms with Crippen LogP contribution < -0.4 is 0 Å². The van der Waals surface area contributed by atoms with Gasteiger partial charge >= 0.3 is 0 Å². The van der Waals surface area contributed by atoms with Gasteiger partial charge in [-0.05, 0) is 62.3 Å². The molecule has 0 unspecified atom stereocenters. The molecule has 1 saturated heterocycles. The molecule has 1 heterocycles. The Morgan fingerprint density at radius 1 is 1.21 bits per heavy atom. The van der Waals surface area contributed by atoms with Gasteiger partial charge in [-0.15, -0.1) is 0 Å². The fraction of sp³-hybridized carbons (Fsp3) is 0.650. The normalized spacial score (nSPS) is 22.2. The summed E-state index contributed by atoms with van der Waals surface area (Å²) in [5, 5.41) is 0.802. The van der Waals surface area contributed by atoms with Gasteiger partial charge < -0.3 is 9.80 Å². The van der Waals surface area contributed by atoms with Crippen molar-refractivity contribution in [3.8, 4) is 0 Å². The lowest BCUT2D eigenvalue weighted by Gasteiger charge is -2.36. The first kappa shape index (κ1) is 17.8. The van der Waals surface area contributed by atoms with Crippen LogP contribution in [0.4, 0.5) is 0 Å². The molecular formula is C20H29ClN2O. The molecule has 0 radical (unpaired) electrons. The number of halogens is 1. The molecule has 2 aliphatic rings. The smallest absolute Gasteiger partial charge is 0.225 e. The summed E-state index contributed by atoms with van der Waals surface area (Å²) in [7, 11) is 1.99. The van der Waals surface area contributed by atoms with E-state index in [4.69, 9.17) is 11.6 Å². The predicted molar refractivity (Wildman–Crippen MR) is 99.3 cm³/mol. The maximum Gasteiger partial charge on any atom is 0.225 e. The van der Waals surface area contributed by atoms with Crippen molar-refractivity contribution in [3.05, 3.63) is 34.9 Å². The number of hydrogen-bond acceptors (Lipinski definition) is 2. The molecule has 3 rings (SSSR count). The van der Waals surface area contributed by atoms with Crippen molar-refractivity contribution < 1.29 is 4.79 Å². The maximum absolute atomic E-state index is 12.3. The summed E-state index contributed by atoms with van der Waals surface area (Å²) in [6, 6.07) is 8.18. The average Bonchev–Trinajstić information content (AvgIpc) is 2.53. The number of likely N-dealkylation sites (tertiary alicyclic amines) is 1. The van der Waals surface area contributed by atoms with Crippen molar-refractivity contribution in [2.75, 3.05) is 33.2 Å². The van der Waals surface area contributed by atoms with Crippen molar-refractivity contribution in [3.63, 3.8) is 0 Å². The minimum atomic E-state index is 0.319. The minimum absolute atomic E-state index is 0.319. The zero-order valence-corrected chi connectivity index (χ0v) is 15.5. The van der Waals surface area contributed by atoms with Crippen LogP contribution in [0.15, 0.2) is 24.3 Å². The van der Waals surface area contributed by atoms with Crippen LogP contribution >= 0.6 is 11.6 Å². The lowest BCUT2D eigenvalue weighted by atomic mass is 9.84. The number of amides is 1. The summed E-state index contributed by atoms with van der Waals surface area (Å²) in [4.78, 5) is 16.9. The molecule has 1 aliphatic carbocycles. The summed E-state index contributed by atoms with van der Waals surface area (Å²) >= 11 is 5.95. The monoisotopic (exact) mass is 348 g/mol. The van der Waals surface area contributed by atoms with Crippen LogP contribution in [0.5, 0.6) is 0 Å². The standard InChI is InChI=1S/C20H29ClN2O/c1-22(20(24)18-5-2-6-18)14-17-4-3-12-23(15-17)13-11-16-7-9-19(21)10-8-16/h7-10,17-18H,2-6,11-15H2,1H3/t17-/m1/s1. The molecule has 4 heteroatoms. The number of carbonyl (C=O) groups is 1. The Hall–Kier alpha value is -1.06. The van der Waals surface area contributed by atoms with E-state index >= 15 is 0 Å². The molecule has 1 aromatic carbocycles. The summed E-state index contributed by atoms with van der Waals surface area (Å²) in [6.07, 6.45) is 6.99. The molecule has 0 bridgehead atoms. The summed E-state index contributed by atoms with van der Waals surface area (Å²) < 4.78 is 0. The van der Waals surface area contributed by atoms with Crippen molar-refractivity contribution in [1.82, 2.24) is 9.80 Å². The Bertz CT molecular complexity index is 541. The van der Waals surface area contributed by atoms with Crippen molar-refractivity contribution >= 4 is 17.5 Å². The van der Waals surface area contributed by atoms with E-state index in [1.165, 1.54) is 31.4 Å². The lowest BCUT2D eigenvalue weighted by Crippen LogP contribution is -2.44. The molecule has 0 aromatic heterocycles. The third kappa shape index (κ3) is 4.73. The van der Waals surface area contributed by atoms with Gasteiger partial charge in [-0.25, -0.2) is 0 Å². The zero-order chi connectivity index (χ0) is 16.9. The van der Waals surface area contributed by atoms with Crippen molar-refractivity contribution in [2.24, 2.45) is 11.8 Å². The summed E-state index contributed by atoms with van der Waals surface area (Å²) in [5.41, 5.74) is 1.35. The van der Waals surface area contributed by atoms with E-state index in [0.29, 0.717) is 17.7 Å². The van der Waals surface area contributed by atoms with Crippen LogP contribution in [0.3, 0.4) is 0 Å². The van der Waals surface area contributed by atoms with Gasteiger partial charge in [-0.2, -0.15) is 0 Å². The van der Waals surface area contributed by atoms with Crippen LogP contribution in [0.25, 0.3) is 0 Å². The summed E-state index contributed by atoms with van der Waals surface area (Å²) in [5.74, 6) is 1.32. The van der Waals surface area contributed by atoms with Crippen LogP contribution in [0.1, 0.15) is 37.7 Å². The second-order valence-corrected chi connectivity index (χ2v) is 7.97. The van der Waals surface area contributed by atoms with E-state index in [0.717, 1.165) is 43.9 Å². The second kappa shape index (κ2) is 8.35. The molecule has 132 valence electrons. The van der Waals surface area contributed by atoms with Gasteiger partial charge in [0, 0.05) is 37.6 Å². The van der Waals surface area contributed by atoms with Gasteiger partial charge in [0.2, 0.25) is 5.91 Å². The molecule has 1 aliphatic heterocycles. The molecule has 0 spiro atoms. The van der Waals surface area contributed by atoms with E-state index in [9.17, 15) is 4.79 Å². The Morgan fingerprint density at radius 2 is 1.96 bits per heavy atom. The predicted octanol–water partition coefficient (Wildman–Crippen LogP) is 3.85. The number of carbonyl (C=O) groups excluding carboxylic acids is 1. The molecular weight excluding hydrogens is 320 g/mol. The van der Waals surface area contributed by atoms with Gasteiger partial charge in [0.25, 0.3) is 0 Å². The third-order valence-corrected chi connectivity index (χ3v) is 5.85. The molecule has 1 amide bonds. The first-order valence-electron chi connectivity index (χ1n) is 9.33. The number of benzene rings is 1. The first-order valence-corrected chi connectivity index (χ1v) is 9.71.